The number of rotatable bonds is 7. The zero-order chi connectivity index (χ0) is 21.8. The van der Waals surface area contributed by atoms with Gasteiger partial charge in [-0.15, -0.1) is 16.9 Å². The maximum atomic E-state index is 12.8. The summed E-state index contributed by atoms with van der Waals surface area (Å²) in [5, 5.41) is 8.32. The molecule has 0 saturated carbocycles. The van der Waals surface area contributed by atoms with Crippen LogP contribution < -0.4 is 5.32 Å². The molecule has 2 atom stereocenters. The number of hydrogen-bond donors (Lipinski definition) is 1. The highest BCUT2D eigenvalue weighted by Gasteiger charge is 2.21. The second kappa shape index (κ2) is 9.91. The van der Waals surface area contributed by atoms with Crippen molar-refractivity contribution in [2.24, 2.45) is 0 Å². The molecule has 2 heterocycles. The Morgan fingerprint density at radius 1 is 1.27 bits per heavy atom. The first-order valence-electron chi connectivity index (χ1n) is 8.80. The van der Waals surface area contributed by atoms with Crippen LogP contribution in [0, 0.1) is 0 Å². The van der Waals surface area contributed by atoms with Gasteiger partial charge < -0.3 is 5.32 Å². The lowest BCUT2D eigenvalue weighted by atomic mass is 10.2. The maximum absolute atomic E-state index is 12.8. The molecular weight excluding hydrogens is 465 g/mol. The van der Waals surface area contributed by atoms with Crippen molar-refractivity contribution < 1.29 is 9.00 Å². The smallest absolute Gasteiger partial charge is 0.251 e. The third-order valence-electron chi connectivity index (χ3n) is 4.04. The lowest BCUT2D eigenvalue weighted by molar-refractivity contribution is 0.0937. The second-order valence-corrected chi connectivity index (χ2v) is 9.61. The topological polar surface area (TPSA) is 89.8 Å². The van der Waals surface area contributed by atoms with Gasteiger partial charge in [0.25, 0.3) is 5.91 Å². The predicted molar refractivity (Wildman–Crippen MR) is 121 cm³/mol. The van der Waals surface area contributed by atoms with Crippen LogP contribution in [0.2, 0.25) is 10.0 Å². The fourth-order valence-corrected chi connectivity index (χ4v) is 4.10. The van der Waals surface area contributed by atoms with Gasteiger partial charge in [0.15, 0.2) is 17.5 Å². The predicted octanol–water partition coefficient (Wildman–Crippen LogP) is 4.06. The summed E-state index contributed by atoms with van der Waals surface area (Å²) in [4.78, 5) is 22.5. The van der Waals surface area contributed by atoms with E-state index in [4.69, 9.17) is 23.2 Å². The molecular formula is C19H19Cl2N5O2S2. The summed E-state index contributed by atoms with van der Waals surface area (Å²) >= 11 is 13.6. The zero-order valence-electron chi connectivity index (χ0n) is 16.4. The average Bonchev–Trinajstić information content (AvgIpc) is 3.11. The van der Waals surface area contributed by atoms with E-state index in [0.717, 1.165) is 4.90 Å². The van der Waals surface area contributed by atoms with Crippen LogP contribution in [0.3, 0.4) is 0 Å². The number of aromatic nitrogens is 4. The van der Waals surface area contributed by atoms with Gasteiger partial charge >= 0.3 is 0 Å². The highest BCUT2D eigenvalue weighted by atomic mass is 35.5. The Bertz CT molecular complexity index is 1090. The van der Waals surface area contributed by atoms with Gasteiger partial charge in [0.05, 0.1) is 16.8 Å². The fraction of sp³-hybridized carbons (Fsp3) is 0.263. The minimum atomic E-state index is -1.12. The number of hydrogen-bond acceptors (Lipinski definition) is 6. The van der Waals surface area contributed by atoms with Crippen molar-refractivity contribution in [1.82, 2.24) is 25.1 Å². The van der Waals surface area contributed by atoms with Gasteiger partial charge in [-0.25, -0.2) is 9.97 Å². The van der Waals surface area contributed by atoms with Crippen molar-refractivity contribution >= 4 is 51.7 Å². The molecule has 0 aliphatic rings. The van der Waals surface area contributed by atoms with Crippen molar-refractivity contribution in [2.45, 2.75) is 23.6 Å². The molecule has 1 aromatic carbocycles. The number of amides is 1. The van der Waals surface area contributed by atoms with Crippen LogP contribution in [0.25, 0.3) is 5.82 Å². The van der Waals surface area contributed by atoms with E-state index in [0.29, 0.717) is 33.1 Å². The van der Waals surface area contributed by atoms with E-state index in [1.54, 1.807) is 43.5 Å². The number of halogens is 2. The van der Waals surface area contributed by atoms with E-state index in [2.05, 4.69) is 20.4 Å². The Hall–Kier alpha value is -1.94. The largest absolute Gasteiger partial charge is 0.342 e. The molecule has 0 radical (unpaired) electrons. The molecule has 0 saturated heterocycles. The molecule has 1 N–H and O–H groups in total. The number of nitrogens with zero attached hydrogens (tertiary/aromatic N) is 4. The minimum absolute atomic E-state index is 0.194. The SMILES string of the molecule is CSc1cc(Cl)cc(C(=O)NC(C)c2nc(CS(C)=O)nn2-c2ccc(Cl)cn2)c1. The molecule has 30 heavy (non-hydrogen) atoms. The molecule has 0 aliphatic carbocycles. The Labute approximate surface area is 191 Å². The number of carbonyl (C=O) groups excluding carboxylic acids is 1. The molecule has 0 aliphatic heterocycles. The van der Waals surface area contributed by atoms with Crippen molar-refractivity contribution in [3.05, 3.63) is 63.8 Å². The Kier molecular flexibility index (Phi) is 7.51. The van der Waals surface area contributed by atoms with Crippen LogP contribution in [0.1, 0.15) is 35.0 Å². The summed E-state index contributed by atoms with van der Waals surface area (Å²) in [5.74, 6) is 1.25. The number of nitrogens with one attached hydrogen (secondary N) is 1. The molecule has 0 spiro atoms. The molecule has 0 bridgehead atoms. The van der Waals surface area contributed by atoms with Crippen LogP contribution in [0.15, 0.2) is 41.4 Å². The quantitative estimate of drug-likeness (QED) is 0.509. The van der Waals surface area contributed by atoms with Gasteiger partial charge in [-0.3, -0.25) is 9.00 Å². The number of benzene rings is 1. The summed E-state index contributed by atoms with van der Waals surface area (Å²) in [6.45, 7) is 1.79. The molecule has 158 valence electrons. The van der Waals surface area contributed by atoms with Crippen LogP contribution >= 0.6 is 35.0 Å². The minimum Gasteiger partial charge on any atom is -0.342 e. The summed E-state index contributed by atoms with van der Waals surface area (Å²) in [7, 11) is -1.12. The lowest BCUT2D eigenvalue weighted by Crippen LogP contribution is -2.29. The summed E-state index contributed by atoms with van der Waals surface area (Å²) in [5.41, 5.74) is 0.448. The monoisotopic (exact) mass is 483 g/mol. The fourth-order valence-electron chi connectivity index (χ4n) is 2.71. The van der Waals surface area contributed by atoms with Crippen LogP contribution in [-0.2, 0) is 16.6 Å². The van der Waals surface area contributed by atoms with Crippen molar-refractivity contribution in [3.8, 4) is 5.82 Å². The van der Waals surface area contributed by atoms with Crippen LogP contribution in [0.4, 0.5) is 0 Å². The van der Waals surface area contributed by atoms with Gasteiger partial charge in [0.2, 0.25) is 0 Å². The summed E-state index contributed by atoms with van der Waals surface area (Å²) in [6, 6.07) is 8.07. The van der Waals surface area contributed by atoms with Crippen molar-refractivity contribution in [2.75, 3.05) is 12.5 Å². The van der Waals surface area contributed by atoms with E-state index in [1.807, 2.05) is 6.26 Å². The number of thioether (sulfide) groups is 1. The second-order valence-electron chi connectivity index (χ2n) is 6.43. The average molecular weight is 484 g/mol. The third kappa shape index (κ3) is 5.60. The van der Waals surface area contributed by atoms with Crippen LogP contribution in [-0.4, -0.2) is 42.4 Å². The normalized spacial score (nSPS) is 13.1. The Morgan fingerprint density at radius 2 is 2.03 bits per heavy atom. The lowest BCUT2D eigenvalue weighted by Gasteiger charge is -2.15. The van der Waals surface area contributed by atoms with E-state index in [1.165, 1.54) is 22.6 Å². The zero-order valence-corrected chi connectivity index (χ0v) is 19.6. The van der Waals surface area contributed by atoms with E-state index >= 15 is 0 Å². The van der Waals surface area contributed by atoms with Gasteiger partial charge in [0.1, 0.15) is 0 Å². The molecule has 2 aromatic heterocycles. The highest BCUT2D eigenvalue weighted by Crippen LogP contribution is 2.23. The van der Waals surface area contributed by atoms with Gasteiger partial charge in [-0.05, 0) is 43.5 Å². The molecule has 3 rings (SSSR count). The first kappa shape index (κ1) is 22.7. The Balaban J connectivity index is 1.92. The van der Waals surface area contributed by atoms with E-state index in [-0.39, 0.29) is 11.7 Å². The number of pyridine rings is 1. The molecule has 1 amide bonds. The van der Waals surface area contributed by atoms with Crippen LogP contribution in [0.5, 0.6) is 0 Å². The number of carbonyl (C=O) groups is 1. The summed E-state index contributed by atoms with van der Waals surface area (Å²) < 4.78 is 13.2. The summed E-state index contributed by atoms with van der Waals surface area (Å²) in [6.07, 6.45) is 4.99. The van der Waals surface area contributed by atoms with Gasteiger partial charge in [0, 0.05) is 38.7 Å². The third-order valence-corrected chi connectivity index (χ3v) is 5.85. The van der Waals surface area contributed by atoms with E-state index < -0.39 is 16.8 Å². The van der Waals surface area contributed by atoms with Gasteiger partial charge in [-0.1, -0.05) is 23.2 Å². The highest BCUT2D eigenvalue weighted by molar-refractivity contribution is 7.98. The Morgan fingerprint density at radius 3 is 2.67 bits per heavy atom. The first-order valence-corrected chi connectivity index (χ1v) is 12.5. The van der Waals surface area contributed by atoms with Crippen molar-refractivity contribution in [3.63, 3.8) is 0 Å². The molecule has 2 unspecified atom stereocenters. The molecule has 7 nitrogen and oxygen atoms in total. The molecule has 3 aromatic rings. The maximum Gasteiger partial charge on any atom is 0.251 e. The molecule has 0 fully saturated rings. The first-order chi connectivity index (χ1) is 14.3. The standard InChI is InChI=1S/C19H19Cl2N5O2S2/c1-11(23-19(27)12-6-14(21)8-15(7-12)29-2)18-24-16(10-30(3)28)25-26(18)17-5-4-13(20)9-22-17/h4-9,11H,10H2,1-3H3,(H,23,27). The van der Waals surface area contributed by atoms with E-state index in [9.17, 15) is 9.00 Å². The van der Waals surface area contributed by atoms with Gasteiger partial charge in [-0.2, -0.15) is 4.68 Å². The molecule has 11 heteroatoms. The van der Waals surface area contributed by atoms with Crippen molar-refractivity contribution in [1.29, 1.82) is 0 Å².